The van der Waals surface area contributed by atoms with Crippen LogP contribution in [0.2, 0.25) is 0 Å². The molecule has 6 aromatic rings. The summed E-state index contributed by atoms with van der Waals surface area (Å²) in [5.41, 5.74) is 8.68. The lowest BCUT2D eigenvalue weighted by atomic mass is 9.77. The number of nitrogens with zero attached hydrogens (tertiary/aromatic N) is 1. The van der Waals surface area contributed by atoms with Gasteiger partial charge in [0.2, 0.25) is 0 Å². The molecule has 9 rings (SSSR count). The fraction of sp³-hybridized carbons (Fsp3) is 0.143. The highest BCUT2D eigenvalue weighted by atomic mass is 32.2. The van der Waals surface area contributed by atoms with Crippen molar-refractivity contribution in [1.29, 1.82) is 0 Å². The minimum atomic E-state index is -0.141. The summed E-state index contributed by atoms with van der Waals surface area (Å²) >= 11 is 5.59. The number of ether oxygens (including phenoxy) is 1. The van der Waals surface area contributed by atoms with Crippen LogP contribution in [0.1, 0.15) is 49.9 Å². The Hall–Kier alpha value is -4.03. The molecule has 0 radical (unpaired) electrons. The average Bonchev–Trinajstić information content (AvgIpc) is 3.08. The van der Waals surface area contributed by atoms with Gasteiger partial charge in [-0.1, -0.05) is 142 Å². The van der Waals surface area contributed by atoms with Crippen LogP contribution in [0.4, 0.5) is 17.1 Å². The highest BCUT2D eigenvalue weighted by molar-refractivity contribution is 8.00. The van der Waals surface area contributed by atoms with Gasteiger partial charge in [0, 0.05) is 30.4 Å². The second-order valence-electron chi connectivity index (χ2n) is 13.3. The van der Waals surface area contributed by atoms with E-state index in [0.29, 0.717) is 0 Å². The zero-order valence-corrected chi connectivity index (χ0v) is 29.2. The molecular weight excluding hydrogens is 631 g/mol. The predicted molar refractivity (Wildman–Crippen MR) is 197 cm³/mol. The number of hydrogen-bond donors (Lipinski definition) is 0. The summed E-state index contributed by atoms with van der Waals surface area (Å²) in [5, 5.41) is 0. The van der Waals surface area contributed by atoms with Crippen LogP contribution in [0.3, 0.4) is 0 Å². The van der Waals surface area contributed by atoms with E-state index in [-0.39, 0.29) is 10.8 Å². The van der Waals surface area contributed by atoms with E-state index in [4.69, 9.17) is 4.74 Å². The average molecular weight is 664 g/mol. The lowest BCUT2D eigenvalue weighted by molar-refractivity contribution is 0.455. The van der Waals surface area contributed by atoms with Crippen molar-refractivity contribution >= 4 is 52.3 Å². The number of rotatable bonds is 3. The molecule has 3 heterocycles. The number of benzene rings is 6. The molecular formula is C42H33NOS3. The Labute approximate surface area is 289 Å². The van der Waals surface area contributed by atoms with Crippen LogP contribution in [0.25, 0.3) is 0 Å². The highest BCUT2D eigenvalue weighted by Gasteiger charge is 2.39. The van der Waals surface area contributed by atoms with Gasteiger partial charge in [-0.05, 0) is 70.8 Å². The zero-order valence-electron chi connectivity index (χ0n) is 26.7. The van der Waals surface area contributed by atoms with E-state index < -0.39 is 0 Å². The van der Waals surface area contributed by atoms with Crippen LogP contribution in [-0.2, 0) is 10.8 Å². The van der Waals surface area contributed by atoms with Gasteiger partial charge in [-0.15, -0.1) is 0 Å². The molecule has 0 fully saturated rings. The monoisotopic (exact) mass is 663 g/mol. The van der Waals surface area contributed by atoms with Crippen LogP contribution < -0.4 is 9.64 Å². The standard InChI is InChI=1S/C42H33NOS3/c1-41(2)26-14-5-8-23-35(26)45-38-28(41)16-11-18-30(38)43(32-20-13-22-34-40(32)47-37-25-10-7-21-33(37)44-34)31-19-12-17-29-39(31)46-36-24-9-6-15-27(36)42(29,3)4/h5-25H,1-4H3. The van der Waals surface area contributed by atoms with Gasteiger partial charge in [0.15, 0.2) is 0 Å². The minimum absolute atomic E-state index is 0.141. The maximum Gasteiger partial charge on any atom is 0.143 e. The van der Waals surface area contributed by atoms with E-state index in [1.807, 2.05) is 29.6 Å². The highest BCUT2D eigenvalue weighted by Crippen LogP contribution is 2.60. The quantitative estimate of drug-likeness (QED) is 0.186. The summed E-state index contributed by atoms with van der Waals surface area (Å²) in [6, 6.07) is 46.4. The molecule has 0 bridgehead atoms. The maximum atomic E-state index is 6.57. The van der Waals surface area contributed by atoms with Gasteiger partial charge in [0.25, 0.3) is 0 Å². The molecule has 3 aliphatic heterocycles. The molecule has 230 valence electrons. The lowest BCUT2D eigenvalue weighted by Gasteiger charge is -2.40. The third kappa shape index (κ3) is 4.43. The van der Waals surface area contributed by atoms with E-state index in [1.54, 1.807) is 11.8 Å². The molecule has 0 unspecified atom stereocenters. The molecule has 3 aliphatic rings. The second kappa shape index (κ2) is 10.7. The maximum absolute atomic E-state index is 6.57. The summed E-state index contributed by atoms with van der Waals surface area (Å²) in [7, 11) is 0. The van der Waals surface area contributed by atoms with Crippen molar-refractivity contribution in [2.24, 2.45) is 0 Å². The molecule has 0 aliphatic carbocycles. The van der Waals surface area contributed by atoms with E-state index in [2.05, 4.69) is 154 Å². The van der Waals surface area contributed by atoms with Crippen molar-refractivity contribution < 1.29 is 4.74 Å². The largest absolute Gasteiger partial charge is 0.455 e. The summed E-state index contributed by atoms with van der Waals surface area (Å²) in [6.07, 6.45) is 0. The molecule has 6 aromatic carbocycles. The first-order valence-electron chi connectivity index (χ1n) is 16.0. The molecule has 0 atom stereocenters. The molecule has 2 nitrogen and oxygen atoms in total. The number of anilines is 3. The van der Waals surface area contributed by atoms with Gasteiger partial charge < -0.3 is 9.64 Å². The van der Waals surface area contributed by atoms with Crippen LogP contribution in [-0.4, -0.2) is 0 Å². The Kier molecular flexibility index (Phi) is 6.66. The van der Waals surface area contributed by atoms with Crippen molar-refractivity contribution in [3.8, 4) is 11.5 Å². The Morgan fingerprint density at radius 3 is 1.38 bits per heavy atom. The zero-order chi connectivity index (χ0) is 31.9. The van der Waals surface area contributed by atoms with Crippen LogP contribution >= 0.6 is 35.3 Å². The van der Waals surface area contributed by atoms with E-state index in [0.717, 1.165) is 27.0 Å². The van der Waals surface area contributed by atoms with Gasteiger partial charge in [0.05, 0.1) is 26.9 Å². The Bertz CT molecular complexity index is 2130. The summed E-state index contributed by atoms with van der Waals surface area (Å²) in [4.78, 5) is 10.0. The first-order valence-corrected chi connectivity index (χ1v) is 18.5. The fourth-order valence-corrected chi connectivity index (χ4v) is 11.4. The van der Waals surface area contributed by atoms with Crippen molar-refractivity contribution in [3.05, 3.63) is 150 Å². The SMILES string of the molecule is CC1(C)c2ccccc2Sc2c(N(c3cccc4c3Sc3ccccc3O4)c3cccc4c3Sc3ccccc3C4(C)C)cccc21. The van der Waals surface area contributed by atoms with Gasteiger partial charge in [-0.2, -0.15) is 0 Å². The Balaban J connectivity index is 1.32. The third-order valence-corrected chi connectivity index (χ3v) is 13.4. The molecule has 0 amide bonds. The lowest BCUT2D eigenvalue weighted by Crippen LogP contribution is -2.26. The van der Waals surface area contributed by atoms with E-state index in [1.165, 1.54) is 53.2 Å². The van der Waals surface area contributed by atoms with Crippen molar-refractivity contribution in [1.82, 2.24) is 0 Å². The summed E-state index contributed by atoms with van der Waals surface area (Å²) in [6.45, 7) is 9.46. The van der Waals surface area contributed by atoms with E-state index >= 15 is 0 Å². The van der Waals surface area contributed by atoms with Crippen LogP contribution in [0.15, 0.2) is 157 Å². The molecule has 0 saturated carbocycles. The topological polar surface area (TPSA) is 12.5 Å². The number of para-hydroxylation sites is 1. The van der Waals surface area contributed by atoms with Gasteiger partial charge >= 0.3 is 0 Å². The predicted octanol–water partition coefficient (Wildman–Crippen LogP) is 13.0. The number of fused-ring (bicyclic) bond motifs is 6. The fourth-order valence-electron chi connectivity index (χ4n) is 7.35. The summed E-state index contributed by atoms with van der Waals surface area (Å²) in [5.74, 6) is 1.80. The molecule has 0 saturated heterocycles. The first kappa shape index (κ1) is 29.1. The minimum Gasteiger partial charge on any atom is -0.455 e. The van der Waals surface area contributed by atoms with Crippen molar-refractivity contribution in [2.45, 2.75) is 67.9 Å². The smallest absolute Gasteiger partial charge is 0.143 e. The Morgan fingerprint density at radius 2 is 0.809 bits per heavy atom. The normalized spacial score (nSPS) is 15.9. The van der Waals surface area contributed by atoms with Gasteiger partial charge in [-0.3, -0.25) is 0 Å². The second-order valence-corrected chi connectivity index (χ2v) is 16.5. The van der Waals surface area contributed by atoms with Crippen LogP contribution in [0.5, 0.6) is 11.5 Å². The van der Waals surface area contributed by atoms with Crippen molar-refractivity contribution in [3.63, 3.8) is 0 Å². The Morgan fingerprint density at radius 1 is 0.404 bits per heavy atom. The van der Waals surface area contributed by atoms with Gasteiger partial charge in [0.1, 0.15) is 11.5 Å². The van der Waals surface area contributed by atoms with Gasteiger partial charge in [-0.25, -0.2) is 0 Å². The molecule has 0 spiro atoms. The molecule has 0 aromatic heterocycles. The molecule has 0 N–H and O–H groups in total. The molecule has 47 heavy (non-hydrogen) atoms. The first-order chi connectivity index (χ1) is 22.8. The third-order valence-electron chi connectivity index (χ3n) is 9.84. The number of hydrogen-bond acceptors (Lipinski definition) is 5. The molecule has 5 heteroatoms. The van der Waals surface area contributed by atoms with Crippen LogP contribution in [0, 0.1) is 0 Å². The van der Waals surface area contributed by atoms with E-state index in [9.17, 15) is 0 Å². The van der Waals surface area contributed by atoms with Crippen molar-refractivity contribution in [2.75, 3.05) is 4.90 Å². The summed E-state index contributed by atoms with van der Waals surface area (Å²) < 4.78 is 6.57.